The quantitative estimate of drug-likeness (QED) is 0.0342. The Balaban J connectivity index is 1.01. The van der Waals surface area contributed by atoms with Gasteiger partial charge in [0, 0.05) is 63.5 Å². The Kier molecular flexibility index (Phi) is 15.3. The molecule has 17 nitrogen and oxygen atoms in total. The van der Waals surface area contributed by atoms with Gasteiger partial charge in [-0.1, -0.05) is 35.5 Å². The van der Waals surface area contributed by atoms with Crippen LogP contribution >= 0.6 is 0 Å². The molecule has 2 heterocycles. The van der Waals surface area contributed by atoms with Crippen molar-refractivity contribution < 1.29 is 28.8 Å². The molecule has 0 spiro atoms. The lowest BCUT2D eigenvalue weighted by Gasteiger charge is -2.22. The molecule has 0 bridgehead atoms. The van der Waals surface area contributed by atoms with Crippen LogP contribution in [0.3, 0.4) is 0 Å². The summed E-state index contributed by atoms with van der Waals surface area (Å²) in [7, 11) is 3.13. The SMILES string of the molecule is CCN(CCON=C(C)CCCC(=O)NCC=Cc1cn([C@H]2CC(OC)[C@@H](COC)O2)c(=O)[nH]c1=O)c1ccc(N=Nc2ccc([N+](=O)[O-])c3ccccc23)cc1. The van der Waals surface area contributed by atoms with Gasteiger partial charge in [0.05, 0.1) is 52.2 Å². The molecular formula is C40H48N8O9. The van der Waals surface area contributed by atoms with Crippen molar-refractivity contribution in [1.82, 2.24) is 14.9 Å². The summed E-state index contributed by atoms with van der Waals surface area (Å²) in [5.74, 6) is -0.146. The number of oxime groups is 1. The van der Waals surface area contributed by atoms with Gasteiger partial charge < -0.3 is 29.3 Å². The van der Waals surface area contributed by atoms with E-state index in [2.05, 4.69) is 30.6 Å². The summed E-state index contributed by atoms with van der Waals surface area (Å²) in [5, 5.41) is 28.3. The number of aromatic nitrogens is 2. The highest BCUT2D eigenvalue weighted by Crippen LogP contribution is 2.34. The lowest BCUT2D eigenvalue weighted by Crippen LogP contribution is -2.33. The molecule has 2 N–H and O–H groups in total. The number of nitrogens with one attached hydrogen (secondary N) is 2. The maximum Gasteiger partial charge on any atom is 0.330 e. The maximum absolute atomic E-state index is 12.5. The number of nitro groups is 1. The van der Waals surface area contributed by atoms with Crippen molar-refractivity contribution in [2.24, 2.45) is 15.4 Å². The van der Waals surface area contributed by atoms with E-state index >= 15 is 0 Å². The minimum atomic E-state index is -0.619. The number of H-pyrrole nitrogens is 1. The largest absolute Gasteiger partial charge is 0.394 e. The second-order valence-electron chi connectivity index (χ2n) is 13.3. The van der Waals surface area contributed by atoms with Gasteiger partial charge in [0.2, 0.25) is 5.91 Å². The first-order chi connectivity index (χ1) is 27.6. The third-order valence-electron chi connectivity index (χ3n) is 9.39. The van der Waals surface area contributed by atoms with Gasteiger partial charge in [-0.2, -0.15) is 5.11 Å². The topological polar surface area (TPSA) is 204 Å². The number of likely N-dealkylation sites (N-methyl/N-ethyl adjacent to an activating group) is 1. The number of azo groups is 1. The monoisotopic (exact) mass is 784 g/mol. The molecule has 5 rings (SSSR count). The fraction of sp³-hybridized carbons (Fsp3) is 0.400. The van der Waals surface area contributed by atoms with Crippen LogP contribution in [0.1, 0.15) is 51.3 Å². The number of nitrogens with zero attached hydrogens (tertiary/aromatic N) is 6. The number of benzene rings is 3. The summed E-state index contributed by atoms with van der Waals surface area (Å²) in [4.78, 5) is 58.4. The number of methoxy groups -OCH3 is 2. The van der Waals surface area contributed by atoms with E-state index in [1.807, 2.05) is 44.2 Å². The van der Waals surface area contributed by atoms with Gasteiger partial charge in [0.15, 0.2) is 0 Å². The van der Waals surface area contributed by atoms with Crippen LogP contribution < -0.4 is 21.5 Å². The second-order valence-corrected chi connectivity index (χ2v) is 13.3. The Bertz CT molecular complexity index is 2200. The van der Waals surface area contributed by atoms with Crippen molar-refractivity contribution in [3.63, 3.8) is 0 Å². The molecule has 4 aromatic rings. The zero-order valence-corrected chi connectivity index (χ0v) is 32.5. The number of carbonyl (C=O) groups is 1. The molecule has 3 aromatic carbocycles. The maximum atomic E-state index is 12.5. The molecule has 1 fully saturated rings. The van der Waals surface area contributed by atoms with Crippen LogP contribution in [0.2, 0.25) is 0 Å². The summed E-state index contributed by atoms with van der Waals surface area (Å²) in [6, 6.07) is 17.7. The molecule has 1 aliphatic heterocycles. The van der Waals surface area contributed by atoms with Gasteiger partial charge in [-0.3, -0.25) is 29.3 Å². The number of nitro benzene ring substituents is 1. The van der Waals surface area contributed by atoms with Crippen LogP contribution in [0, 0.1) is 10.1 Å². The van der Waals surface area contributed by atoms with E-state index in [4.69, 9.17) is 19.0 Å². The first-order valence-electron chi connectivity index (χ1n) is 18.7. The molecule has 3 atom stereocenters. The average Bonchev–Trinajstić information content (AvgIpc) is 3.62. The van der Waals surface area contributed by atoms with Crippen LogP contribution in [0.4, 0.5) is 22.7 Å². The molecule has 1 saturated heterocycles. The Morgan fingerprint density at radius 2 is 1.86 bits per heavy atom. The smallest absolute Gasteiger partial charge is 0.330 e. The number of anilines is 1. The first-order valence-corrected chi connectivity index (χ1v) is 18.7. The van der Waals surface area contributed by atoms with Gasteiger partial charge in [0.1, 0.15) is 18.9 Å². The van der Waals surface area contributed by atoms with Crippen LogP contribution in [-0.2, 0) is 23.8 Å². The van der Waals surface area contributed by atoms with E-state index < -0.39 is 22.4 Å². The molecule has 0 radical (unpaired) electrons. The van der Waals surface area contributed by atoms with Gasteiger partial charge in [-0.05, 0) is 63.1 Å². The summed E-state index contributed by atoms with van der Waals surface area (Å²) >= 11 is 0. The summed E-state index contributed by atoms with van der Waals surface area (Å²) in [6.45, 7) is 6.12. The highest BCUT2D eigenvalue weighted by atomic mass is 16.6. The zero-order valence-electron chi connectivity index (χ0n) is 32.5. The third-order valence-corrected chi connectivity index (χ3v) is 9.39. The fourth-order valence-corrected chi connectivity index (χ4v) is 6.40. The summed E-state index contributed by atoms with van der Waals surface area (Å²) < 4.78 is 17.9. The Labute approximate surface area is 329 Å². The molecule has 1 aliphatic rings. The van der Waals surface area contributed by atoms with E-state index in [1.165, 1.54) is 16.8 Å². The number of non-ortho nitro benzene ring substituents is 1. The lowest BCUT2D eigenvalue weighted by molar-refractivity contribution is -0.383. The van der Waals surface area contributed by atoms with Gasteiger partial charge in [-0.15, -0.1) is 5.11 Å². The van der Waals surface area contributed by atoms with E-state index in [9.17, 15) is 24.5 Å². The van der Waals surface area contributed by atoms with E-state index in [-0.39, 0.29) is 42.3 Å². The fourth-order valence-electron chi connectivity index (χ4n) is 6.40. The predicted octanol–water partition coefficient (Wildman–Crippen LogP) is 6.18. The van der Waals surface area contributed by atoms with Crippen LogP contribution in [0.15, 0.2) is 97.9 Å². The lowest BCUT2D eigenvalue weighted by atomic mass is 10.1. The van der Waals surface area contributed by atoms with E-state index in [1.54, 1.807) is 50.6 Å². The minimum Gasteiger partial charge on any atom is -0.394 e. The van der Waals surface area contributed by atoms with Gasteiger partial charge in [0.25, 0.3) is 11.2 Å². The third kappa shape index (κ3) is 11.5. The first kappa shape index (κ1) is 42.1. The molecule has 302 valence electrons. The Morgan fingerprint density at radius 3 is 2.58 bits per heavy atom. The van der Waals surface area contributed by atoms with Crippen molar-refractivity contribution in [3.05, 3.63) is 109 Å². The normalized spacial score (nSPS) is 17.1. The van der Waals surface area contributed by atoms with Crippen molar-refractivity contribution in [1.29, 1.82) is 0 Å². The molecular weight excluding hydrogens is 736 g/mol. The van der Waals surface area contributed by atoms with Gasteiger partial charge in [-0.25, -0.2) is 4.79 Å². The number of hydrogen-bond acceptors (Lipinski definition) is 13. The number of fused-ring (bicyclic) bond motifs is 1. The molecule has 0 saturated carbocycles. The van der Waals surface area contributed by atoms with Crippen LogP contribution in [0.5, 0.6) is 0 Å². The summed E-state index contributed by atoms with van der Waals surface area (Å²) in [6.07, 6.45) is 5.29. The highest BCUT2D eigenvalue weighted by Gasteiger charge is 2.37. The number of carbonyl (C=O) groups excluding carboxylic acids is 1. The number of aromatic amines is 1. The zero-order chi connectivity index (χ0) is 40.7. The standard InChI is InChI=1S/C40H48N8O9/c1-5-46(30-17-15-29(16-18-30)43-44-33-19-20-34(48(52)53)32-13-7-6-12-31(32)33)22-23-56-45-27(2)10-8-14-37(49)41-21-9-11-28-25-47(40(51)42-39(28)50)38-24-35(55-4)36(57-38)26-54-3/h6-7,9,11-13,15-20,25,35-36,38H,5,8,10,14,21-24,26H2,1-4H3,(H,41,49)(H,42,50,51)/t35?,36-,38-/m1/s1. The van der Waals surface area contributed by atoms with Crippen molar-refractivity contribution in [2.45, 2.75) is 58.0 Å². The molecule has 1 amide bonds. The molecule has 0 aliphatic carbocycles. The number of ether oxygens (including phenoxy) is 3. The molecule has 1 aromatic heterocycles. The van der Waals surface area contributed by atoms with Crippen molar-refractivity contribution in [2.75, 3.05) is 52.0 Å². The van der Waals surface area contributed by atoms with Gasteiger partial charge >= 0.3 is 5.69 Å². The highest BCUT2D eigenvalue weighted by molar-refractivity contribution is 5.98. The molecule has 57 heavy (non-hydrogen) atoms. The van der Waals surface area contributed by atoms with E-state index in [0.29, 0.717) is 61.2 Å². The summed E-state index contributed by atoms with van der Waals surface area (Å²) in [5.41, 5.74) is 2.08. The Hall–Kier alpha value is -6.04. The van der Waals surface area contributed by atoms with Crippen LogP contribution in [0.25, 0.3) is 16.8 Å². The Morgan fingerprint density at radius 1 is 1.09 bits per heavy atom. The second kappa shape index (κ2) is 20.8. The number of hydrogen-bond donors (Lipinski definition) is 2. The number of amides is 1. The van der Waals surface area contributed by atoms with E-state index in [0.717, 1.165) is 17.9 Å². The molecule has 1 unspecified atom stereocenters. The minimum absolute atomic E-state index is 0.0248. The van der Waals surface area contributed by atoms with Crippen molar-refractivity contribution in [3.8, 4) is 0 Å². The van der Waals surface area contributed by atoms with Crippen molar-refractivity contribution >= 4 is 51.2 Å². The predicted molar refractivity (Wildman–Crippen MR) is 217 cm³/mol. The van der Waals surface area contributed by atoms with Crippen LogP contribution in [-0.4, -0.2) is 85.4 Å². The molecule has 17 heteroatoms. The average molecular weight is 785 g/mol. The number of rotatable bonds is 20.